The molecular formula is C16H22BrNO5. The highest BCUT2D eigenvalue weighted by molar-refractivity contribution is 9.10. The van der Waals surface area contributed by atoms with Crippen LogP contribution in [0.25, 0.3) is 0 Å². The number of hydrogen-bond acceptors (Lipinski definition) is 5. The zero-order chi connectivity index (χ0) is 16.7. The van der Waals surface area contributed by atoms with Gasteiger partial charge in [-0.2, -0.15) is 0 Å². The van der Waals surface area contributed by atoms with Crippen molar-refractivity contribution in [2.45, 2.75) is 33.0 Å². The van der Waals surface area contributed by atoms with Crippen molar-refractivity contribution in [1.29, 1.82) is 0 Å². The fourth-order valence-electron chi connectivity index (χ4n) is 2.24. The lowest BCUT2D eigenvalue weighted by Gasteiger charge is -2.16. The lowest BCUT2D eigenvalue weighted by Crippen LogP contribution is -2.26. The van der Waals surface area contributed by atoms with Crippen molar-refractivity contribution in [2.75, 3.05) is 26.6 Å². The molecule has 1 aliphatic rings. The van der Waals surface area contributed by atoms with E-state index in [4.69, 9.17) is 18.9 Å². The summed E-state index contributed by atoms with van der Waals surface area (Å²) >= 11 is 3.39. The minimum atomic E-state index is -0.209. The molecule has 1 amide bonds. The Morgan fingerprint density at radius 3 is 2.57 bits per heavy atom. The maximum Gasteiger partial charge on any atom is 0.252 e. The molecule has 0 radical (unpaired) electrons. The second-order valence-corrected chi connectivity index (χ2v) is 5.78. The van der Waals surface area contributed by atoms with Crippen LogP contribution in [0, 0.1) is 0 Å². The van der Waals surface area contributed by atoms with E-state index in [9.17, 15) is 4.79 Å². The van der Waals surface area contributed by atoms with Gasteiger partial charge in [0.15, 0.2) is 17.8 Å². The quantitative estimate of drug-likeness (QED) is 0.520. The molecule has 1 N–H and O–H groups in total. The molecule has 0 aromatic heterocycles. The molecule has 1 heterocycles. The highest BCUT2D eigenvalue weighted by atomic mass is 79.9. The van der Waals surface area contributed by atoms with Crippen LogP contribution in [0.15, 0.2) is 16.6 Å². The van der Waals surface area contributed by atoms with Gasteiger partial charge in [0.2, 0.25) is 6.79 Å². The van der Waals surface area contributed by atoms with Crippen LogP contribution in [0.4, 0.5) is 0 Å². The van der Waals surface area contributed by atoms with E-state index in [1.165, 1.54) is 0 Å². The number of rotatable bonds is 9. The summed E-state index contributed by atoms with van der Waals surface area (Å²) in [5, 5.41) is 2.89. The number of fused-ring (bicyclic) bond motifs is 1. The molecule has 1 aliphatic heterocycles. The van der Waals surface area contributed by atoms with Gasteiger partial charge in [-0.3, -0.25) is 4.79 Å². The van der Waals surface area contributed by atoms with E-state index in [2.05, 4.69) is 21.2 Å². The Morgan fingerprint density at radius 2 is 1.91 bits per heavy atom. The molecule has 0 saturated carbocycles. The van der Waals surface area contributed by atoms with Crippen molar-refractivity contribution < 1.29 is 23.7 Å². The second-order valence-electron chi connectivity index (χ2n) is 4.92. The van der Waals surface area contributed by atoms with Gasteiger partial charge in [0.05, 0.1) is 5.56 Å². The highest BCUT2D eigenvalue weighted by Crippen LogP contribution is 2.36. The van der Waals surface area contributed by atoms with Crippen molar-refractivity contribution in [1.82, 2.24) is 5.32 Å². The van der Waals surface area contributed by atoms with Gasteiger partial charge >= 0.3 is 0 Å². The number of hydrogen-bond donors (Lipinski definition) is 1. The zero-order valence-electron chi connectivity index (χ0n) is 13.4. The molecule has 0 aliphatic carbocycles. The van der Waals surface area contributed by atoms with Crippen molar-refractivity contribution in [3.63, 3.8) is 0 Å². The van der Waals surface area contributed by atoms with E-state index >= 15 is 0 Å². The van der Waals surface area contributed by atoms with Gasteiger partial charge in [-0.05, 0) is 48.3 Å². The Labute approximate surface area is 144 Å². The molecule has 7 heteroatoms. The first-order chi connectivity index (χ1) is 11.2. The molecule has 1 aromatic rings. The van der Waals surface area contributed by atoms with Crippen molar-refractivity contribution in [2.24, 2.45) is 0 Å². The summed E-state index contributed by atoms with van der Waals surface area (Å²) in [4.78, 5) is 12.3. The van der Waals surface area contributed by atoms with E-state index < -0.39 is 0 Å². The first-order valence-electron chi connectivity index (χ1n) is 7.76. The fourth-order valence-corrected chi connectivity index (χ4v) is 2.75. The summed E-state index contributed by atoms with van der Waals surface area (Å²) in [6.45, 7) is 5.83. The summed E-state index contributed by atoms with van der Waals surface area (Å²) < 4.78 is 22.2. The SMILES string of the molecule is CCOC(CCCNC(=O)c1cc2c(cc1Br)OCO2)OCC. The number of halogens is 1. The van der Waals surface area contributed by atoms with E-state index in [0.29, 0.717) is 41.3 Å². The van der Waals surface area contributed by atoms with Crippen molar-refractivity contribution >= 4 is 21.8 Å². The summed E-state index contributed by atoms with van der Waals surface area (Å²) in [6, 6.07) is 3.43. The largest absolute Gasteiger partial charge is 0.454 e. The fraction of sp³-hybridized carbons (Fsp3) is 0.562. The Balaban J connectivity index is 1.81. The topological polar surface area (TPSA) is 66.0 Å². The highest BCUT2D eigenvalue weighted by Gasteiger charge is 2.19. The molecule has 23 heavy (non-hydrogen) atoms. The smallest absolute Gasteiger partial charge is 0.252 e. The molecular weight excluding hydrogens is 366 g/mol. The Hall–Kier alpha value is -1.31. The van der Waals surface area contributed by atoms with Gasteiger partial charge in [0.25, 0.3) is 5.91 Å². The molecule has 128 valence electrons. The van der Waals surface area contributed by atoms with Crippen molar-refractivity contribution in [3.8, 4) is 11.5 Å². The van der Waals surface area contributed by atoms with Crippen LogP contribution in [0.5, 0.6) is 11.5 Å². The van der Waals surface area contributed by atoms with Gasteiger partial charge in [-0.25, -0.2) is 0 Å². The van der Waals surface area contributed by atoms with Gasteiger partial charge in [-0.1, -0.05) is 0 Å². The maximum atomic E-state index is 12.3. The van der Waals surface area contributed by atoms with Crippen LogP contribution >= 0.6 is 15.9 Å². The Morgan fingerprint density at radius 1 is 1.26 bits per heavy atom. The monoisotopic (exact) mass is 387 g/mol. The molecule has 6 nitrogen and oxygen atoms in total. The third-order valence-electron chi connectivity index (χ3n) is 3.31. The van der Waals surface area contributed by atoms with Gasteiger partial charge in [0.1, 0.15) is 0 Å². The standard InChI is InChI=1S/C16H22BrNO5/c1-3-20-15(21-4-2)6-5-7-18-16(19)11-8-13-14(9-12(11)17)23-10-22-13/h8-9,15H,3-7,10H2,1-2H3,(H,18,19). The Kier molecular flexibility index (Phi) is 7.14. The molecule has 1 aromatic carbocycles. The molecule has 0 saturated heterocycles. The average Bonchev–Trinajstić information content (AvgIpc) is 2.98. The number of carbonyl (C=O) groups excluding carboxylic acids is 1. The van der Waals surface area contributed by atoms with Crippen LogP contribution in [0.1, 0.15) is 37.0 Å². The minimum Gasteiger partial charge on any atom is -0.454 e. The Bertz CT molecular complexity index is 531. The summed E-state index contributed by atoms with van der Waals surface area (Å²) in [7, 11) is 0. The zero-order valence-corrected chi connectivity index (χ0v) is 15.0. The number of benzene rings is 1. The number of carbonyl (C=O) groups is 1. The lowest BCUT2D eigenvalue weighted by atomic mass is 10.2. The third kappa shape index (κ3) is 5.09. The normalized spacial score (nSPS) is 12.7. The van der Waals surface area contributed by atoms with E-state index in [-0.39, 0.29) is 19.0 Å². The van der Waals surface area contributed by atoms with Crippen LogP contribution in [-0.2, 0) is 9.47 Å². The summed E-state index contributed by atoms with van der Waals surface area (Å²) in [6.07, 6.45) is 1.31. The van der Waals surface area contributed by atoms with E-state index in [0.717, 1.165) is 12.8 Å². The predicted molar refractivity (Wildman–Crippen MR) is 88.9 cm³/mol. The predicted octanol–water partition coefficient (Wildman–Crippen LogP) is 3.09. The number of ether oxygens (including phenoxy) is 4. The molecule has 2 rings (SSSR count). The maximum absolute atomic E-state index is 12.3. The van der Waals surface area contributed by atoms with Crippen molar-refractivity contribution in [3.05, 3.63) is 22.2 Å². The van der Waals surface area contributed by atoms with Crippen LogP contribution in [-0.4, -0.2) is 38.7 Å². The first-order valence-corrected chi connectivity index (χ1v) is 8.55. The lowest BCUT2D eigenvalue weighted by molar-refractivity contribution is -0.139. The molecule has 0 spiro atoms. The molecule has 0 atom stereocenters. The van der Waals surface area contributed by atoms with E-state index in [1.807, 2.05) is 13.8 Å². The number of amides is 1. The van der Waals surface area contributed by atoms with Gasteiger partial charge in [-0.15, -0.1) is 0 Å². The summed E-state index contributed by atoms with van der Waals surface area (Å²) in [5.74, 6) is 1.08. The van der Waals surface area contributed by atoms with Gasteiger partial charge in [0, 0.05) is 30.7 Å². The minimum absolute atomic E-state index is 0.153. The first kappa shape index (κ1) is 18.0. The van der Waals surface area contributed by atoms with Crippen LogP contribution < -0.4 is 14.8 Å². The number of nitrogens with one attached hydrogen (secondary N) is 1. The average molecular weight is 388 g/mol. The molecule has 0 bridgehead atoms. The molecule has 0 fully saturated rings. The van der Waals surface area contributed by atoms with Crippen LogP contribution in [0.2, 0.25) is 0 Å². The van der Waals surface area contributed by atoms with Gasteiger partial charge < -0.3 is 24.3 Å². The molecule has 0 unspecified atom stereocenters. The third-order valence-corrected chi connectivity index (χ3v) is 3.97. The van der Waals surface area contributed by atoms with E-state index in [1.54, 1.807) is 12.1 Å². The summed E-state index contributed by atoms with van der Waals surface area (Å²) in [5.41, 5.74) is 0.528. The second kappa shape index (κ2) is 9.10. The van der Waals surface area contributed by atoms with Crippen LogP contribution in [0.3, 0.4) is 0 Å².